The SMILES string of the molecule is CCC(C)(C)OOC=O. The predicted octanol–water partition coefficient (Wildman–Crippen LogP) is 1.28. The van der Waals surface area contributed by atoms with Crippen molar-refractivity contribution in [1.29, 1.82) is 0 Å². The number of carbonyl (C=O) groups is 1. The average Bonchev–Trinajstić information content (AvgIpc) is 1.84. The van der Waals surface area contributed by atoms with Gasteiger partial charge in [-0.15, -0.1) is 0 Å². The highest BCUT2D eigenvalue weighted by Crippen LogP contribution is 2.12. The van der Waals surface area contributed by atoms with E-state index in [1.54, 1.807) is 0 Å². The molecule has 0 fully saturated rings. The lowest BCUT2D eigenvalue weighted by molar-refractivity contribution is -0.315. The molecule has 0 amide bonds. The van der Waals surface area contributed by atoms with E-state index in [9.17, 15) is 4.79 Å². The fourth-order valence-corrected chi connectivity index (χ4v) is 0.209. The Morgan fingerprint density at radius 3 is 2.44 bits per heavy atom. The maximum atomic E-state index is 9.62. The van der Waals surface area contributed by atoms with E-state index in [-0.39, 0.29) is 12.1 Å². The molecule has 0 radical (unpaired) electrons. The molecule has 0 spiro atoms. The molecule has 0 N–H and O–H groups in total. The zero-order valence-corrected chi connectivity index (χ0v) is 6.01. The summed E-state index contributed by atoms with van der Waals surface area (Å²) in [5, 5.41) is 0. The van der Waals surface area contributed by atoms with Gasteiger partial charge in [-0.2, -0.15) is 4.89 Å². The molecule has 0 saturated heterocycles. The Balaban J connectivity index is 3.44. The molecule has 0 aromatic heterocycles. The Kier molecular flexibility index (Phi) is 3.24. The van der Waals surface area contributed by atoms with E-state index in [1.165, 1.54) is 0 Å². The van der Waals surface area contributed by atoms with E-state index in [0.29, 0.717) is 0 Å². The molecular weight excluding hydrogens is 120 g/mol. The number of hydrogen-bond donors (Lipinski definition) is 0. The zero-order chi connectivity index (χ0) is 7.33. The Morgan fingerprint density at radius 2 is 2.11 bits per heavy atom. The van der Waals surface area contributed by atoms with Crippen LogP contribution in [-0.2, 0) is 14.6 Å². The summed E-state index contributed by atoms with van der Waals surface area (Å²) >= 11 is 0. The van der Waals surface area contributed by atoms with Gasteiger partial charge in [-0.05, 0) is 20.3 Å². The summed E-state index contributed by atoms with van der Waals surface area (Å²) in [5.74, 6) is 0. The van der Waals surface area contributed by atoms with Crippen LogP contribution in [-0.4, -0.2) is 12.1 Å². The van der Waals surface area contributed by atoms with Crippen molar-refractivity contribution >= 4 is 6.47 Å². The van der Waals surface area contributed by atoms with Gasteiger partial charge in [-0.3, -0.25) is 4.79 Å². The largest absolute Gasteiger partial charge is 0.330 e. The van der Waals surface area contributed by atoms with Crippen LogP contribution in [0.2, 0.25) is 0 Å². The summed E-state index contributed by atoms with van der Waals surface area (Å²) in [7, 11) is 0. The molecule has 0 rings (SSSR count). The third-order valence-electron chi connectivity index (χ3n) is 1.16. The molecule has 0 aromatic carbocycles. The number of rotatable bonds is 4. The molecule has 0 bridgehead atoms. The second-order valence-electron chi connectivity index (χ2n) is 2.39. The number of hydrogen-bond acceptors (Lipinski definition) is 3. The van der Waals surface area contributed by atoms with E-state index >= 15 is 0 Å². The Bertz CT molecular complexity index is 88.3. The Hall–Kier alpha value is -0.570. The highest BCUT2D eigenvalue weighted by molar-refractivity contribution is 5.35. The Labute approximate surface area is 54.9 Å². The van der Waals surface area contributed by atoms with Gasteiger partial charge in [-0.1, -0.05) is 6.92 Å². The monoisotopic (exact) mass is 132 g/mol. The first-order valence-electron chi connectivity index (χ1n) is 2.90. The van der Waals surface area contributed by atoms with E-state index in [4.69, 9.17) is 0 Å². The topological polar surface area (TPSA) is 35.5 Å². The zero-order valence-electron chi connectivity index (χ0n) is 6.01. The van der Waals surface area contributed by atoms with Crippen LogP contribution in [0.15, 0.2) is 0 Å². The molecule has 0 atom stereocenters. The highest BCUT2D eigenvalue weighted by atomic mass is 17.2. The van der Waals surface area contributed by atoms with Crippen LogP contribution in [0, 0.1) is 0 Å². The van der Waals surface area contributed by atoms with Gasteiger partial charge in [0.1, 0.15) is 5.60 Å². The lowest BCUT2D eigenvalue weighted by Crippen LogP contribution is -2.22. The quantitative estimate of drug-likeness (QED) is 0.328. The van der Waals surface area contributed by atoms with Gasteiger partial charge in [0.05, 0.1) is 0 Å². The highest BCUT2D eigenvalue weighted by Gasteiger charge is 2.16. The van der Waals surface area contributed by atoms with E-state index < -0.39 is 0 Å². The maximum Gasteiger partial charge on any atom is 0.330 e. The normalized spacial score (nSPS) is 11.0. The van der Waals surface area contributed by atoms with Crippen molar-refractivity contribution in [2.24, 2.45) is 0 Å². The van der Waals surface area contributed by atoms with Crippen LogP contribution < -0.4 is 0 Å². The molecule has 0 aliphatic carbocycles. The van der Waals surface area contributed by atoms with Gasteiger partial charge in [0.2, 0.25) is 0 Å². The first-order chi connectivity index (χ1) is 4.12. The lowest BCUT2D eigenvalue weighted by Gasteiger charge is -2.18. The molecule has 0 aliphatic rings. The summed E-state index contributed by atoms with van der Waals surface area (Å²) < 4.78 is 0. The van der Waals surface area contributed by atoms with Crippen molar-refractivity contribution in [2.45, 2.75) is 32.8 Å². The fourth-order valence-electron chi connectivity index (χ4n) is 0.209. The summed E-state index contributed by atoms with van der Waals surface area (Å²) in [5.41, 5.74) is -0.360. The molecule has 0 saturated carbocycles. The van der Waals surface area contributed by atoms with E-state index in [1.807, 2.05) is 20.8 Å². The van der Waals surface area contributed by atoms with Crippen molar-refractivity contribution in [3.05, 3.63) is 0 Å². The molecule has 0 unspecified atom stereocenters. The predicted molar refractivity (Wildman–Crippen MR) is 32.6 cm³/mol. The maximum absolute atomic E-state index is 9.62. The standard InChI is InChI=1S/C6H12O3/c1-4-6(2,3)9-8-5-7/h5H,4H2,1-3H3. The molecule has 0 aromatic rings. The van der Waals surface area contributed by atoms with Crippen molar-refractivity contribution in [1.82, 2.24) is 0 Å². The fraction of sp³-hybridized carbons (Fsp3) is 0.833. The van der Waals surface area contributed by atoms with Crippen molar-refractivity contribution < 1.29 is 14.6 Å². The summed E-state index contributed by atoms with van der Waals surface area (Å²) in [6.07, 6.45) is 0.806. The van der Waals surface area contributed by atoms with Crippen LogP contribution in [0.25, 0.3) is 0 Å². The first-order valence-corrected chi connectivity index (χ1v) is 2.90. The van der Waals surface area contributed by atoms with Crippen LogP contribution in [0.1, 0.15) is 27.2 Å². The van der Waals surface area contributed by atoms with Crippen molar-refractivity contribution in [3.63, 3.8) is 0 Å². The van der Waals surface area contributed by atoms with Gasteiger partial charge < -0.3 is 4.89 Å². The molecule has 54 valence electrons. The lowest BCUT2D eigenvalue weighted by atomic mass is 10.1. The minimum absolute atomic E-state index is 0.275. The Morgan fingerprint density at radius 1 is 1.56 bits per heavy atom. The van der Waals surface area contributed by atoms with E-state index in [0.717, 1.165) is 6.42 Å². The molecule has 3 heteroatoms. The van der Waals surface area contributed by atoms with Crippen LogP contribution >= 0.6 is 0 Å². The van der Waals surface area contributed by atoms with Gasteiger partial charge in [0, 0.05) is 0 Å². The van der Waals surface area contributed by atoms with Crippen LogP contribution in [0.5, 0.6) is 0 Å². The molecular formula is C6H12O3. The van der Waals surface area contributed by atoms with Crippen LogP contribution in [0.3, 0.4) is 0 Å². The van der Waals surface area contributed by atoms with Crippen molar-refractivity contribution in [3.8, 4) is 0 Å². The summed E-state index contributed by atoms with van der Waals surface area (Å²) in [6, 6.07) is 0. The molecule has 3 nitrogen and oxygen atoms in total. The third kappa shape index (κ3) is 3.97. The first kappa shape index (κ1) is 8.43. The summed E-state index contributed by atoms with van der Waals surface area (Å²) in [6.45, 7) is 5.92. The van der Waals surface area contributed by atoms with Gasteiger partial charge in [0.25, 0.3) is 0 Å². The van der Waals surface area contributed by atoms with E-state index in [2.05, 4.69) is 9.78 Å². The number of carbonyl (C=O) groups excluding carboxylic acids is 1. The molecule has 0 aliphatic heterocycles. The molecule has 0 heterocycles. The average molecular weight is 132 g/mol. The van der Waals surface area contributed by atoms with Gasteiger partial charge in [0.15, 0.2) is 0 Å². The second kappa shape index (κ2) is 3.45. The second-order valence-corrected chi connectivity index (χ2v) is 2.39. The third-order valence-corrected chi connectivity index (χ3v) is 1.16. The minimum Gasteiger partial charge on any atom is -0.301 e. The summed E-state index contributed by atoms with van der Waals surface area (Å²) in [4.78, 5) is 18.4. The smallest absolute Gasteiger partial charge is 0.301 e. The van der Waals surface area contributed by atoms with Crippen molar-refractivity contribution in [2.75, 3.05) is 0 Å². The minimum atomic E-state index is -0.360. The molecule has 9 heavy (non-hydrogen) atoms. The van der Waals surface area contributed by atoms with Crippen LogP contribution in [0.4, 0.5) is 0 Å². The van der Waals surface area contributed by atoms with Gasteiger partial charge >= 0.3 is 6.47 Å². The van der Waals surface area contributed by atoms with Gasteiger partial charge in [-0.25, -0.2) is 0 Å².